The number of nitrogens with zero attached hydrogens (tertiary/aromatic N) is 2. The number of ether oxygens (including phenoxy) is 1. The van der Waals surface area contributed by atoms with E-state index in [1.165, 1.54) is 17.0 Å². The van der Waals surface area contributed by atoms with Crippen LogP contribution < -0.4 is 15.5 Å². The van der Waals surface area contributed by atoms with Gasteiger partial charge in [0.15, 0.2) is 0 Å². The van der Waals surface area contributed by atoms with E-state index in [1.54, 1.807) is 5.51 Å². The first-order valence-electron chi connectivity index (χ1n) is 8.06. The Labute approximate surface area is 145 Å². The number of hydrogen-bond acceptors (Lipinski definition) is 5. The SMILES string of the molecule is C[C@H](NC(=O)NCc1cscn1)c1ccc(N2CCOCC2)cc1. The number of aromatic nitrogens is 1. The van der Waals surface area contributed by atoms with Gasteiger partial charge in [-0.3, -0.25) is 0 Å². The van der Waals surface area contributed by atoms with Crippen molar-refractivity contribution in [1.29, 1.82) is 0 Å². The molecule has 1 saturated heterocycles. The Morgan fingerprint density at radius 3 is 2.75 bits per heavy atom. The standard InChI is InChI=1S/C17H22N4O2S/c1-13(20-17(22)18-10-15-11-24-12-19-15)14-2-4-16(5-3-14)21-6-8-23-9-7-21/h2-5,11-13H,6-10H2,1H3,(H2,18,20,22)/t13-/m0/s1. The van der Waals surface area contributed by atoms with Crippen LogP contribution in [0.15, 0.2) is 35.2 Å². The summed E-state index contributed by atoms with van der Waals surface area (Å²) in [6.45, 7) is 5.82. The van der Waals surface area contributed by atoms with Crippen LogP contribution in [0.4, 0.5) is 10.5 Å². The number of nitrogens with one attached hydrogen (secondary N) is 2. The zero-order valence-corrected chi connectivity index (χ0v) is 14.5. The quantitative estimate of drug-likeness (QED) is 0.873. The number of thiazole rings is 1. The minimum absolute atomic E-state index is 0.0563. The van der Waals surface area contributed by atoms with Gasteiger partial charge in [-0.25, -0.2) is 9.78 Å². The molecule has 1 aliphatic heterocycles. The molecule has 1 aromatic heterocycles. The Bertz CT molecular complexity index is 639. The van der Waals surface area contributed by atoms with Crippen molar-refractivity contribution >= 4 is 23.1 Å². The highest BCUT2D eigenvalue weighted by atomic mass is 32.1. The lowest BCUT2D eigenvalue weighted by Crippen LogP contribution is -2.37. The van der Waals surface area contributed by atoms with Crippen LogP contribution in [0.5, 0.6) is 0 Å². The summed E-state index contributed by atoms with van der Waals surface area (Å²) in [5.41, 5.74) is 4.91. The first kappa shape index (κ1) is 16.7. The number of benzene rings is 1. The van der Waals surface area contributed by atoms with Crippen molar-refractivity contribution in [2.24, 2.45) is 0 Å². The first-order valence-corrected chi connectivity index (χ1v) is 9.01. The summed E-state index contributed by atoms with van der Waals surface area (Å²) >= 11 is 1.52. The van der Waals surface area contributed by atoms with Crippen LogP contribution in [-0.4, -0.2) is 37.3 Å². The van der Waals surface area contributed by atoms with Gasteiger partial charge in [0.25, 0.3) is 0 Å². The molecule has 0 aliphatic carbocycles. The third-order valence-corrected chi connectivity index (χ3v) is 4.67. The molecule has 0 saturated carbocycles. The summed E-state index contributed by atoms with van der Waals surface area (Å²) in [5.74, 6) is 0. The highest BCUT2D eigenvalue weighted by molar-refractivity contribution is 7.07. The Hall–Kier alpha value is -2.12. The minimum atomic E-state index is -0.187. The fraction of sp³-hybridized carbons (Fsp3) is 0.412. The first-order chi connectivity index (χ1) is 11.7. The lowest BCUT2D eigenvalue weighted by Gasteiger charge is -2.29. The van der Waals surface area contributed by atoms with E-state index in [0.29, 0.717) is 6.54 Å². The summed E-state index contributed by atoms with van der Waals surface area (Å²) in [7, 11) is 0. The van der Waals surface area contributed by atoms with Crippen molar-refractivity contribution in [3.63, 3.8) is 0 Å². The monoisotopic (exact) mass is 346 g/mol. The lowest BCUT2D eigenvalue weighted by atomic mass is 10.1. The fourth-order valence-electron chi connectivity index (χ4n) is 2.62. The van der Waals surface area contributed by atoms with Gasteiger partial charge in [0.1, 0.15) is 0 Å². The molecular weight excluding hydrogens is 324 g/mol. The van der Waals surface area contributed by atoms with Crippen molar-refractivity contribution in [1.82, 2.24) is 15.6 Å². The third kappa shape index (κ3) is 4.46. The number of hydrogen-bond donors (Lipinski definition) is 2. The van der Waals surface area contributed by atoms with E-state index in [4.69, 9.17) is 4.74 Å². The third-order valence-electron chi connectivity index (χ3n) is 4.03. The number of carbonyl (C=O) groups excluding carboxylic acids is 1. The zero-order valence-electron chi connectivity index (χ0n) is 13.7. The molecule has 6 nitrogen and oxygen atoms in total. The maximum atomic E-state index is 12.0. The number of rotatable bonds is 5. The molecule has 3 rings (SSSR count). The molecule has 2 aromatic rings. The zero-order chi connectivity index (χ0) is 16.8. The normalized spacial score (nSPS) is 15.8. The van der Waals surface area contributed by atoms with Gasteiger partial charge in [-0.05, 0) is 24.6 Å². The van der Waals surface area contributed by atoms with E-state index in [1.807, 2.05) is 12.3 Å². The summed E-state index contributed by atoms with van der Waals surface area (Å²) in [6.07, 6.45) is 0. The second-order valence-corrected chi connectivity index (χ2v) is 6.44. The number of urea groups is 1. The summed E-state index contributed by atoms with van der Waals surface area (Å²) in [6, 6.07) is 8.09. The van der Waals surface area contributed by atoms with Crippen LogP contribution in [0.3, 0.4) is 0 Å². The summed E-state index contributed by atoms with van der Waals surface area (Å²) in [5, 5.41) is 7.70. The Kier molecular flexibility index (Phi) is 5.66. The van der Waals surface area contributed by atoms with Crippen LogP contribution in [0.1, 0.15) is 24.2 Å². The van der Waals surface area contributed by atoms with Gasteiger partial charge < -0.3 is 20.3 Å². The molecule has 0 radical (unpaired) electrons. The van der Waals surface area contributed by atoms with Gasteiger partial charge >= 0.3 is 6.03 Å². The number of anilines is 1. The molecule has 1 aromatic carbocycles. The average Bonchev–Trinajstić information content (AvgIpc) is 3.14. The van der Waals surface area contributed by atoms with Gasteiger partial charge in [-0.1, -0.05) is 12.1 Å². The molecule has 128 valence electrons. The van der Waals surface area contributed by atoms with E-state index in [9.17, 15) is 4.79 Å². The molecule has 1 aliphatic rings. The maximum Gasteiger partial charge on any atom is 0.315 e. The Morgan fingerprint density at radius 2 is 2.08 bits per heavy atom. The summed E-state index contributed by atoms with van der Waals surface area (Å²) in [4.78, 5) is 18.4. The van der Waals surface area contributed by atoms with Crippen molar-refractivity contribution in [2.75, 3.05) is 31.2 Å². The average molecular weight is 346 g/mol. The lowest BCUT2D eigenvalue weighted by molar-refractivity contribution is 0.122. The van der Waals surface area contributed by atoms with Crippen molar-refractivity contribution in [3.8, 4) is 0 Å². The minimum Gasteiger partial charge on any atom is -0.378 e. The van der Waals surface area contributed by atoms with Crippen molar-refractivity contribution < 1.29 is 9.53 Å². The molecule has 24 heavy (non-hydrogen) atoms. The predicted molar refractivity (Wildman–Crippen MR) is 95.4 cm³/mol. The molecule has 0 bridgehead atoms. The van der Waals surface area contributed by atoms with E-state index < -0.39 is 0 Å². The number of carbonyl (C=O) groups is 1. The van der Waals surface area contributed by atoms with Gasteiger partial charge in [-0.2, -0.15) is 0 Å². The second-order valence-electron chi connectivity index (χ2n) is 5.72. The topological polar surface area (TPSA) is 66.5 Å². The predicted octanol–water partition coefficient (Wildman–Crippen LogP) is 2.54. The van der Waals surface area contributed by atoms with E-state index in [0.717, 1.165) is 37.6 Å². The molecule has 2 heterocycles. The molecule has 1 fully saturated rings. The van der Waals surface area contributed by atoms with Gasteiger partial charge in [0.05, 0.1) is 37.0 Å². The molecular formula is C17H22N4O2S. The molecule has 7 heteroatoms. The maximum absolute atomic E-state index is 12.0. The molecule has 2 amide bonds. The van der Waals surface area contributed by atoms with Gasteiger partial charge in [0.2, 0.25) is 0 Å². The van der Waals surface area contributed by atoms with Crippen molar-refractivity contribution in [2.45, 2.75) is 19.5 Å². The highest BCUT2D eigenvalue weighted by Gasteiger charge is 2.13. The highest BCUT2D eigenvalue weighted by Crippen LogP contribution is 2.20. The van der Waals surface area contributed by atoms with Crippen LogP contribution >= 0.6 is 11.3 Å². The Morgan fingerprint density at radius 1 is 1.33 bits per heavy atom. The summed E-state index contributed by atoms with van der Waals surface area (Å²) < 4.78 is 5.38. The Balaban J connectivity index is 1.50. The second kappa shape index (κ2) is 8.12. The van der Waals surface area contributed by atoms with Crippen LogP contribution in [0.25, 0.3) is 0 Å². The van der Waals surface area contributed by atoms with Crippen LogP contribution in [-0.2, 0) is 11.3 Å². The van der Waals surface area contributed by atoms with E-state index in [2.05, 4.69) is 44.8 Å². The molecule has 1 atom stereocenters. The van der Waals surface area contributed by atoms with Crippen LogP contribution in [0.2, 0.25) is 0 Å². The van der Waals surface area contributed by atoms with Gasteiger partial charge in [0, 0.05) is 24.2 Å². The van der Waals surface area contributed by atoms with Gasteiger partial charge in [-0.15, -0.1) is 11.3 Å². The largest absolute Gasteiger partial charge is 0.378 e. The number of amides is 2. The fourth-order valence-corrected chi connectivity index (χ4v) is 3.18. The molecule has 0 spiro atoms. The van der Waals surface area contributed by atoms with Crippen molar-refractivity contribution in [3.05, 3.63) is 46.4 Å². The smallest absolute Gasteiger partial charge is 0.315 e. The number of morpholine rings is 1. The molecule has 2 N–H and O–H groups in total. The van der Waals surface area contributed by atoms with Crippen LogP contribution in [0, 0.1) is 0 Å². The molecule has 0 unspecified atom stereocenters. The van der Waals surface area contributed by atoms with E-state index >= 15 is 0 Å². The van der Waals surface area contributed by atoms with E-state index in [-0.39, 0.29) is 12.1 Å².